The molecule has 1 rings (SSSR count). The van der Waals surface area contributed by atoms with Crippen LogP contribution in [-0.4, -0.2) is 28.3 Å². The van der Waals surface area contributed by atoms with Crippen molar-refractivity contribution in [2.75, 3.05) is 18.0 Å². The summed E-state index contributed by atoms with van der Waals surface area (Å²) in [5.74, 6) is 1.46. The fourth-order valence-electron chi connectivity index (χ4n) is 1.23. The highest BCUT2D eigenvalue weighted by molar-refractivity contribution is 7.09. The predicted molar refractivity (Wildman–Crippen MR) is 68.4 cm³/mol. The van der Waals surface area contributed by atoms with Crippen LogP contribution in [0.3, 0.4) is 0 Å². The van der Waals surface area contributed by atoms with Gasteiger partial charge in [-0.1, -0.05) is 13.8 Å². The van der Waals surface area contributed by atoms with Gasteiger partial charge in [0.2, 0.25) is 5.13 Å². The predicted octanol–water partition coefficient (Wildman–Crippen LogP) is 1.81. The maximum Gasteiger partial charge on any atom is 0.205 e. The van der Waals surface area contributed by atoms with Crippen LogP contribution in [0.15, 0.2) is 0 Å². The zero-order valence-electron chi connectivity index (χ0n) is 10.0. The Morgan fingerprint density at radius 3 is 2.69 bits per heavy atom. The minimum absolute atomic E-state index is 0.215. The molecule has 6 heteroatoms. The molecule has 0 atom stereocenters. The number of hydrogen-bond donors (Lipinski definition) is 2. The largest absolute Gasteiger partial charge is 0.388 e. The van der Waals surface area contributed by atoms with Crippen LogP contribution in [0.5, 0.6) is 0 Å². The van der Waals surface area contributed by atoms with E-state index in [1.807, 2.05) is 0 Å². The summed E-state index contributed by atoms with van der Waals surface area (Å²) >= 11 is 1.42. The smallest absolute Gasteiger partial charge is 0.205 e. The van der Waals surface area contributed by atoms with Crippen molar-refractivity contribution in [3.05, 3.63) is 5.82 Å². The first-order valence-electron chi connectivity index (χ1n) is 5.46. The third kappa shape index (κ3) is 3.44. The molecule has 0 aromatic carbocycles. The van der Waals surface area contributed by atoms with Crippen LogP contribution < -0.4 is 10.6 Å². The van der Waals surface area contributed by atoms with Gasteiger partial charge in [0.25, 0.3) is 0 Å². The lowest BCUT2D eigenvalue weighted by molar-refractivity contribution is 0.780. The van der Waals surface area contributed by atoms with Crippen LogP contribution in [0.1, 0.15) is 38.9 Å². The number of anilines is 1. The van der Waals surface area contributed by atoms with Gasteiger partial charge >= 0.3 is 0 Å². The monoisotopic (exact) mass is 241 g/mol. The summed E-state index contributed by atoms with van der Waals surface area (Å²) in [5.41, 5.74) is 5.35. The number of nitrogens with one attached hydrogen (secondary N) is 1. The Morgan fingerprint density at radius 2 is 2.25 bits per heavy atom. The van der Waals surface area contributed by atoms with E-state index < -0.39 is 0 Å². The van der Waals surface area contributed by atoms with E-state index in [4.69, 9.17) is 11.1 Å². The fraction of sp³-hybridized carbons (Fsp3) is 0.700. The normalized spacial score (nSPS) is 10.8. The zero-order chi connectivity index (χ0) is 12.1. The van der Waals surface area contributed by atoms with Gasteiger partial charge in [-0.3, -0.25) is 5.41 Å². The van der Waals surface area contributed by atoms with E-state index in [1.165, 1.54) is 11.5 Å². The fourth-order valence-corrected chi connectivity index (χ4v) is 2.13. The van der Waals surface area contributed by atoms with Crippen molar-refractivity contribution in [1.82, 2.24) is 9.36 Å². The maximum atomic E-state index is 7.22. The second-order valence-electron chi connectivity index (χ2n) is 3.94. The summed E-state index contributed by atoms with van der Waals surface area (Å²) < 4.78 is 4.32. The van der Waals surface area contributed by atoms with Crippen molar-refractivity contribution < 1.29 is 0 Å². The van der Waals surface area contributed by atoms with Crippen molar-refractivity contribution in [1.29, 1.82) is 5.41 Å². The Bertz CT molecular complexity index is 347. The minimum Gasteiger partial charge on any atom is -0.388 e. The Hall–Kier alpha value is -1.17. The van der Waals surface area contributed by atoms with Gasteiger partial charge in [-0.15, -0.1) is 0 Å². The number of hydrogen-bond acceptors (Lipinski definition) is 5. The SMILES string of the molecule is CCN(CCC(=N)N)c1nc(C(C)C)ns1. The van der Waals surface area contributed by atoms with Crippen molar-refractivity contribution in [3.63, 3.8) is 0 Å². The van der Waals surface area contributed by atoms with Crippen molar-refractivity contribution in [2.45, 2.75) is 33.1 Å². The molecule has 0 radical (unpaired) electrons. The molecule has 0 aliphatic heterocycles. The van der Waals surface area contributed by atoms with Crippen molar-refractivity contribution in [3.8, 4) is 0 Å². The maximum absolute atomic E-state index is 7.22. The van der Waals surface area contributed by atoms with Crippen LogP contribution in [0, 0.1) is 5.41 Å². The molecule has 0 spiro atoms. The van der Waals surface area contributed by atoms with Crippen LogP contribution in [0.25, 0.3) is 0 Å². The van der Waals surface area contributed by atoms with Gasteiger partial charge < -0.3 is 10.6 Å². The highest BCUT2D eigenvalue weighted by Gasteiger charge is 2.12. The molecular weight excluding hydrogens is 222 g/mol. The van der Waals surface area contributed by atoms with Gasteiger partial charge in [-0.25, -0.2) is 4.98 Å². The van der Waals surface area contributed by atoms with Crippen LogP contribution in [0.2, 0.25) is 0 Å². The van der Waals surface area contributed by atoms with E-state index in [1.54, 1.807) is 0 Å². The Morgan fingerprint density at radius 1 is 1.56 bits per heavy atom. The van der Waals surface area contributed by atoms with Gasteiger partial charge in [0.1, 0.15) is 5.82 Å². The molecule has 1 aromatic heterocycles. The average molecular weight is 241 g/mol. The zero-order valence-corrected chi connectivity index (χ0v) is 10.8. The second-order valence-corrected chi connectivity index (χ2v) is 4.68. The topological polar surface area (TPSA) is 78.9 Å². The molecule has 1 aromatic rings. The van der Waals surface area contributed by atoms with Crippen molar-refractivity contribution in [2.24, 2.45) is 5.73 Å². The molecule has 0 amide bonds. The minimum atomic E-state index is 0.215. The standard InChI is InChI=1S/C10H19N5S/c1-4-15(6-5-8(11)12)10-13-9(7(2)3)14-16-10/h7H,4-6H2,1-3H3,(H3,11,12). The molecule has 0 aliphatic carbocycles. The van der Waals surface area contributed by atoms with E-state index >= 15 is 0 Å². The molecule has 0 saturated carbocycles. The number of nitrogens with two attached hydrogens (primary N) is 1. The highest BCUT2D eigenvalue weighted by atomic mass is 32.1. The Kier molecular flexibility index (Phi) is 4.67. The summed E-state index contributed by atoms with van der Waals surface area (Å²) in [7, 11) is 0. The van der Waals surface area contributed by atoms with Crippen LogP contribution in [0.4, 0.5) is 5.13 Å². The third-order valence-electron chi connectivity index (χ3n) is 2.25. The summed E-state index contributed by atoms with van der Waals surface area (Å²) in [6.07, 6.45) is 0.574. The first-order chi connectivity index (χ1) is 7.54. The first kappa shape index (κ1) is 12.9. The highest BCUT2D eigenvalue weighted by Crippen LogP contribution is 2.21. The molecule has 0 saturated heterocycles. The molecule has 0 aliphatic rings. The number of nitrogens with zero attached hydrogens (tertiary/aromatic N) is 3. The average Bonchev–Trinajstić information content (AvgIpc) is 2.67. The van der Waals surface area contributed by atoms with E-state index in [-0.39, 0.29) is 5.84 Å². The second kappa shape index (κ2) is 5.79. The molecule has 0 fully saturated rings. The van der Waals surface area contributed by atoms with Crippen LogP contribution >= 0.6 is 11.5 Å². The molecule has 16 heavy (non-hydrogen) atoms. The van der Waals surface area contributed by atoms with Gasteiger partial charge in [-0.2, -0.15) is 4.37 Å². The quantitative estimate of drug-likeness (QED) is 0.588. The molecule has 3 N–H and O–H groups in total. The lowest BCUT2D eigenvalue weighted by Crippen LogP contribution is -2.27. The first-order valence-corrected chi connectivity index (χ1v) is 6.23. The van der Waals surface area contributed by atoms with Crippen molar-refractivity contribution >= 4 is 22.5 Å². The summed E-state index contributed by atoms with van der Waals surface area (Å²) in [5, 5.41) is 8.14. The van der Waals surface area contributed by atoms with Gasteiger partial charge in [0, 0.05) is 37.0 Å². The van der Waals surface area contributed by atoms with E-state index in [9.17, 15) is 0 Å². The number of rotatable bonds is 6. The summed E-state index contributed by atoms with van der Waals surface area (Å²) in [6, 6.07) is 0. The molecule has 1 heterocycles. The number of amidine groups is 1. The third-order valence-corrected chi connectivity index (χ3v) is 3.04. The molecule has 0 bridgehead atoms. The molecule has 0 unspecified atom stereocenters. The van der Waals surface area contributed by atoms with E-state index in [2.05, 4.69) is 35.0 Å². The van der Waals surface area contributed by atoms with Gasteiger partial charge in [0.05, 0.1) is 5.84 Å². The summed E-state index contributed by atoms with van der Waals surface area (Å²) in [6.45, 7) is 7.82. The van der Waals surface area contributed by atoms with Gasteiger partial charge in [-0.05, 0) is 6.92 Å². The van der Waals surface area contributed by atoms with Crippen LogP contribution in [-0.2, 0) is 0 Å². The molecule has 90 valence electrons. The lowest BCUT2D eigenvalue weighted by Gasteiger charge is -2.18. The van der Waals surface area contributed by atoms with E-state index in [0.29, 0.717) is 12.3 Å². The summed E-state index contributed by atoms with van der Waals surface area (Å²) in [4.78, 5) is 6.58. The lowest BCUT2D eigenvalue weighted by atomic mass is 10.2. The Balaban J connectivity index is 2.67. The molecular formula is C10H19N5S. The van der Waals surface area contributed by atoms with E-state index in [0.717, 1.165) is 24.0 Å². The Labute approximate surface area is 100 Å². The number of aromatic nitrogens is 2. The van der Waals surface area contributed by atoms with Gasteiger partial charge in [0.15, 0.2) is 0 Å². The molecule has 5 nitrogen and oxygen atoms in total.